The van der Waals surface area contributed by atoms with Gasteiger partial charge >= 0.3 is 6.09 Å². The maximum Gasteiger partial charge on any atom is 0.409 e. The number of carbonyl (C=O) groups is 3. The van der Waals surface area contributed by atoms with Crippen LogP contribution in [0.1, 0.15) is 27.6 Å². The van der Waals surface area contributed by atoms with Crippen molar-refractivity contribution in [3.8, 4) is 0 Å². The van der Waals surface area contributed by atoms with Crippen molar-refractivity contribution in [2.75, 3.05) is 38.1 Å². The Kier molecular flexibility index (Phi) is 6.43. The number of piperazine rings is 1. The molecule has 1 heterocycles. The van der Waals surface area contributed by atoms with Crippen LogP contribution in [-0.4, -0.2) is 60.5 Å². The lowest BCUT2D eigenvalue weighted by molar-refractivity contribution is 0.0571. The summed E-state index contributed by atoms with van der Waals surface area (Å²) in [5.74, 6) is -1.26. The standard InChI is InChI=1S/C21H22FN3O4/c1-2-29-21(28)25-12-10-24(11-13-25)20(27)17-8-3-4-9-18(17)23-19(26)15-6-5-7-16(22)14-15/h3-9,14H,2,10-13H2,1H3,(H,23,26). The Balaban J connectivity index is 1.69. The third-order valence-electron chi connectivity index (χ3n) is 4.59. The summed E-state index contributed by atoms with van der Waals surface area (Å²) in [5, 5.41) is 2.68. The number of hydrogen-bond acceptors (Lipinski definition) is 4. The molecule has 7 nitrogen and oxygen atoms in total. The number of amides is 3. The fourth-order valence-electron chi connectivity index (χ4n) is 3.08. The van der Waals surface area contributed by atoms with Crippen LogP contribution < -0.4 is 5.32 Å². The number of hydrogen-bond donors (Lipinski definition) is 1. The third-order valence-corrected chi connectivity index (χ3v) is 4.59. The maximum absolute atomic E-state index is 13.4. The summed E-state index contributed by atoms with van der Waals surface area (Å²) in [6.45, 7) is 3.53. The Morgan fingerprint density at radius 1 is 1.00 bits per heavy atom. The van der Waals surface area contributed by atoms with Crippen LogP contribution in [0.2, 0.25) is 0 Å². The largest absolute Gasteiger partial charge is 0.450 e. The van der Waals surface area contributed by atoms with Gasteiger partial charge in [0.05, 0.1) is 17.9 Å². The first-order valence-electron chi connectivity index (χ1n) is 9.36. The molecule has 2 aromatic carbocycles. The van der Waals surface area contributed by atoms with Gasteiger partial charge in [-0.25, -0.2) is 9.18 Å². The second kappa shape index (κ2) is 9.18. The summed E-state index contributed by atoms with van der Waals surface area (Å²) >= 11 is 0. The van der Waals surface area contributed by atoms with Crippen molar-refractivity contribution >= 4 is 23.6 Å². The summed E-state index contributed by atoms with van der Waals surface area (Å²) in [6, 6.07) is 12.0. The van der Waals surface area contributed by atoms with Crippen LogP contribution in [0.5, 0.6) is 0 Å². The maximum atomic E-state index is 13.4. The van der Waals surface area contributed by atoms with Crippen LogP contribution in [0.4, 0.5) is 14.9 Å². The highest BCUT2D eigenvalue weighted by molar-refractivity contribution is 6.09. The molecule has 0 radical (unpaired) electrons. The van der Waals surface area contributed by atoms with E-state index in [1.807, 2.05) is 0 Å². The summed E-state index contributed by atoms with van der Waals surface area (Å²) in [5.41, 5.74) is 0.844. The zero-order valence-electron chi connectivity index (χ0n) is 16.1. The second-order valence-corrected chi connectivity index (χ2v) is 6.49. The number of benzene rings is 2. The topological polar surface area (TPSA) is 79.0 Å². The van der Waals surface area contributed by atoms with E-state index >= 15 is 0 Å². The predicted molar refractivity (Wildman–Crippen MR) is 105 cm³/mol. The first kappa shape index (κ1) is 20.3. The minimum Gasteiger partial charge on any atom is -0.450 e. The van der Waals surface area contributed by atoms with E-state index < -0.39 is 11.7 Å². The first-order chi connectivity index (χ1) is 14.0. The average molecular weight is 399 g/mol. The Labute approximate surface area is 168 Å². The zero-order chi connectivity index (χ0) is 20.8. The van der Waals surface area contributed by atoms with Crippen LogP contribution in [-0.2, 0) is 4.74 Å². The van der Waals surface area contributed by atoms with Crippen LogP contribution >= 0.6 is 0 Å². The molecular formula is C21H22FN3O4. The summed E-state index contributed by atoms with van der Waals surface area (Å²) in [6.07, 6.45) is -0.387. The molecule has 3 amide bonds. The summed E-state index contributed by atoms with van der Waals surface area (Å²) in [7, 11) is 0. The van der Waals surface area contributed by atoms with Crippen LogP contribution in [0.3, 0.4) is 0 Å². The SMILES string of the molecule is CCOC(=O)N1CCN(C(=O)c2ccccc2NC(=O)c2cccc(F)c2)CC1. The molecule has 0 bridgehead atoms. The van der Waals surface area contributed by atoms with E-state index in [0.717, 1.165) is 6.07 Å². The number of nitrogens with zero attached hydrogens (tertiary/aromatic N) is 2. The monoisotopic (exact) mass is 399 g/mol. The van der Waals surface area contributed by atoms with E-state index in [0.29, 0.717) is 44.0 Å². The van der Waals surface area contributed by atoms with Gasteiger partial charge in [0.2, 0.25) is 0 Å². The van der Waals surface area contributed by atoms with Gasteiger partial charge in [0.25, 0.3) is 11.8 Å². The number of halogens is 1. The highest BCUT2D eigenvalue weighted by Gasteiger charge is 2.27. The molecule has 3 rings (SSSR count). The number of carbonyl (C=O) groups excluding carboxylic acids is 3. The lowest BCUT2D eigenvalue weighted by atomic mass is 10.1. The fourth-order valence-corrected chi connectivity index (χ4v) is 3.08. The van der Waals surface area contributed by atoms with E-state index in [1.54, 1.807) is 41.0 Å². The minimum atomic E-state index is -0.513. The normalized spacial score (nSPS) is 13.7. The molecule has 1 aliphatic rings. The Hall–Kier alpha value is -3.42. The molecular weight excluding hydrogens is 377 g/mol. The molecule has 0 spiro atoms. The predicted octanol–water partition coefficient (Wildman–Crippen LogP) is 2.99. The molecule has 0 unspecified atom stereocenters. The molecule has 1 fully saturated rings. The molecule has 8 heteroatoms. The van der Waals surface area contributed by atoms with Gasteiger partial charge in [-0.05, 0) is 37.3 Å². The Bertz CT molecular complexity index is 910. The van der Waals surface area contributed by atoms with E-state index in [-0.39, 0.29) is 17.6 Å². The zero-order valence-corrected chi connectivity index (χ0v) is 16.1. The highest BCUT2D eigenvalue weighted by Crippen LogP contribution is 2.20. The van der Waals surface area contributed by atoms with Gasteiger partial charge in [0, 0.05) is 31.7 Å². The number of ether oxygens (including phenoxy) is 1. The van der Waals surface area contributed by atoms with Crippen molar-refractivity contribution in [1.82, 2.24) is 9.80 Å². The summed E-state index contributed by atoms with van der Waals surface area (Å²) in [4.78, 5) is 40.4. The molecule has 1 aliphatic heterocycles. The van der Waals surface area contributed by atoms with Gasteiger partial charge in [0.15, 0.2) is 0 Å². The van der Waals surface area contributed by atoms with Gasteiger partial charge in [-0.3, -0.25) is 9.59 Å². The highest BCUT2D eigenvalue weighted by atomic mass is 19.1. The lowest BCUT2D eigenvalue weighted by Gasteiger charge is -2.34. The smallest absolute Gasteiger partial charge is 0.409 e. The minimum absolute atomic E-state index is 0.162. The van der Waals surface area contributed by atoms with Crippen molar-refractivity contribution in [2.45, 2.75) is 6.92 Å². The molecule has 0 aliphatic carbocycles. The van der Waals surface area contributed by atoms with Crippen molar-refractivity contribution in [3.05, 3.63) is 65.5 Å². The Morgan fingerprint density at radius 2 is 1.69 bits per heavy atom. The number of para-hydroxylation sites is 1. The molecule has 1 saturated heterocycles. The third kappa shape index (κ3) is 4.90. The van der Waals surface area contributed by atoms with E-state index in [9.17, 15) is 18.8 Å². The number of rotatable bonds is 4. The van der Waals surface area contributed by atoms with Gasteiger partial charge in [0.1, 0.15) is 5.82 Å². The van der Waals surface area contributed by atoms with Gasteiger partial charge in [-0.2, -0.15) is 0 Å². The van der Waals surface area contributed by atoms with Crippen LogP contribution in [0.15, 0.2) is 48.5 Å². The van der Waals surface area contributed by atoms with E-state index in [1.165, 1.54) is 18.2 Å². The Morgan fingerprint density at radius 3 is 2.38 bits per heavy atom. The molecule has 29 heavy (non-hydrogen) atoms. The molecule has 152 valence electrons. The quantitative estimate of drug-likeness (QED) is 0.857. The van der Waals surface area contributed by atoms with Gasteiger partial charge in [-0.1, -0.05) is 18.2 Å². The summed E-state index contributed by atoms with van der Waals surface area (Å²) < 4.78 is 18.4. The van der Waals surface area contributed by atoms with Gasteiger partial charge < -0.3 is 19.9 Å². The average Bonchev–Trinajstić information content (AvgIpc) is 2.74. The molecule has 0 atom stereocenters. The number of anilines is 1. The van der Waals surface area contributed by atoms with Crippen molar-refractivity contribution in [3.63, 3.8) is 0 Å². The second-order valence-electron chi connectivity index (χ2n) is 6.49. The fraction of sp³-hybridized carbons (Fsp3) is 0.286. The van der Waals surface area contributed by atoms with Crippen molar-refractivity contribution in [2.24, 2.45) is 0 Å². The van der Waals surface area contributed by atoms with E-state index in [4.69, 9.17) is 4.74 Å². The van der Waals surface area contributed by atoms with Crippen molar-refractivity contribution < 1.29 is 23.5 Å². The lowest BCUT2D eigenvalue weighted by Crippen LogP contribution is -2.50. The van der Waals surface area contributed by atoms with Crippen LogP contribution in [0.25, 0.3) is 0 Å². The molecule has 0 saturated carbocycles. The number of nitrogens with one attached hydrogen (secondary N) is 1. The molecule has 2 aromatic rings. The van der Waals surface area contributed by atoms with E-state index in [2.05, 4.69) is 5.32 Å². The van der Waals surface area contributed by atoms with Crippen LogP contribution in [0, 0.1) is 5.82 Å². The van der Waals surface area contributed by atoms with Gasteiger partial charge in [-0.15, -0.1) is 0 Å². The molecule has 1 N–H and O–H groups in total. The van der Waals surface area contributed by atoms with Crippen molar-refractivity contribution in [1.29, 1.82) is 0 Å². The molecule has 0 aromatic heterocycles. The first-order valence-corrected chi connectivity index (χ1v) is 9.36.